The Morgan fingerprint density at radius 3 is 2.43 bits per heavy atom. The first kappa shape index (κ1) is 21.9. The number of aryl methyl sites for hydroxylation is 1. The Labute approximate surface area is 174 Å². The number of hydrogen-bond donors (Lipinski definition) is 1. The van der Waals surface area contributed by atoms with Gasteiger partial charge in [-0.3, -0.25) is 0 Å². The molecular weight excluding hydrogens is 395 g/mol. The first-order chi connectivity index (χ1) is 14.2. The van der Waals surface area contributed by atoms with Gasteiger partial charge in [-0.25, -0.2) is 14.8 Å². The lowest BCUT2D eigenvalue weighted by Gasteiger charge is -2.36. The summed E-state index contributed by atoms with van der Waals surface area (Å²) >= 11 is 0. The Morgan fingerprint density at radius 2 is 1.83 bits per heavy atom. The van der Waals surface area contributed by atoms with E-state index in [1.165, 1.54) is 6.07 Å². The number of amides is 2. The lowest BCUT2D eigenvalue weighted by atomic mass is 10.1. The predicted octanol–water partition coefficient (Wildman–Crippen LogP) is 3.88. The maximum Gasteiger partial charge on any atom is 0.416 e. The average molecular weight is 421 g/mol. The molecule has 0 aliphatic carbocycles. The molecule has 1 saturated heterocycles. The Kier molecular flexibility index (Phi) is 6.48. The minimum atomic E-state index is -4.42. The summed E-state index contributed by atoms with van der Waals surface area (Å²) in [6.45, 7) is 8.61. The second-order valence-corrected chi connectivity index (χ2v) is 7.18. The highest BCUT2D eigenvalue weighted by molar-refractivity contribution is 5.74. The normalized spacial score (nSPS) is 14.7. The number of hydrogen-bond acceptors (Lipinski definition) is 4. The molecule has 2 amide bonds. The highest BCUT2D eigenvalue weighted by Gasteiger charge is 2.31. The molecule has 6 nitrogen and oxygen atoms in total. The SMILES string of the molecule is CCNC(=O)N1CCN(c2nc(-c3cccc(C(F)(F)F)c3)nc(C)c2CC)CC1. The van der Waals surface area contributed by atoms with Gasteiger partial charge in [-0.2, -0.15) is 13.2 Å². The van der Waals surface area contributed by atoms with Crippen LogP contribution in [0.2, 0.25) is 0 Å². The standard InChI is InChI=1S/C21H26F3N5O/c1-4-17-14(3)26-18(15-7-6-8-16(13-15)21(22,23)24)27-19(17)28-9-11-29(12-10-28)20(30)25-5-2/h6-8,13H,4-5,9-12H2,1-3H3,(H,25,30). The molecule has 162 valence electrons. The molecular formula is C21H26F3N5O. The van der Waals surface area contributed by atoms with Crippen molar-refractivity contribution in [1.82, 2.24) is 20.2 Å². The lowest BCUT2D eigenvalue weighted by molar-refractivity contribution is -0.137. The summed E-state index contributed by atoms with van der Waals surface area (Å²) in [5.41, 5.74) is 1.33. The van der Waals surface area contributed by atoms with Crippen LogP contribution in [0.3, 0.4) is 0 Å². The number of nitrogens with zero attached hydrogens (tertiary/aromatic N) is 4. The fourth-order valence-electron chi connectivity index (χ4n) is 3.60. The molecule has 9 heteroatoms. The molecule has 1 fully saturated rings. The summed E-state index contributed by atoms with van der Waals surface area (Å²) in [6, 6.07) is 4.99. The first-order valence-corrected chi connectivity index (χ1v) is 10.1. The molecule has 1 aliphatic rings. The summed E-state index contributed by atoms with van der Waals surface area (Å²) in [7, 11) is 0. The molecule has 1 aromatic carbocycles. The van der Waals surface area contributed by atoms with Crippen molar-refractivity contribution in [1.29, 1.82) is 0 Å². The van der Waals surface area contributed by atoms with Gasteiger partial charge in [-0.05, 0) is 32.4 Å². The Balaban J connectivity index is 1.91. The molecule has 2 aromatic rings. The van der Waals surface area contributed by atoms with Crippen LogP contribution in [-0.4, -0.2) is 53.6 Å². The van der Waals surface area contributed by atoms with Crippen molar-refractivity contribution in [3.63, 3.8) is 0 Å². The second-order valence-electron chi connectivity index (χ2n) is 7.18. The molecule has 0 saturated carbocycles. The number of rotatable bonds is 4. The molecule has 3 rings (SSSR count). The van der Waals surface area contributed by atoms with Gasteiger partial charge in [0.2, 0.25) is 0 Å². The third-order valence-corrected chi connectivity index (χ3v) is 5.19. The largest absolute Gasteiger partial charge is 0.416 e. The highest BCUT2D eigenvalue weighted by atomic mass is 19.4. The summed E-state index contributed by atoms with van der Waals surface area (Å²) in [5.74, 6) is 1.00. The molecule has 0 radical (unpaired) electrons. The minimum Gasteiger partial charge on any atom is -0.353 e. The van der Waals surface area contributed by atoms with Gasteiger partial charge in [-0.15, -0.1) is 0 Å². The van der Waals surface area contributed by atoms with Crippen molar-refractivity contribution < 1.29 is 18.0 Å². The Hall–Kier alpha value is -2.84. The van der Waals surface area contributed by atoms with Crippen molar-refractivity contribution in [2.45, 2.75) is 33.4 Å². The van der Waals surface area contributed by atoms with E-state index in [1.54, 1.807) is 11.0 Å². The number of alkyl halides is 3. The van der Waals surface area contributed by atoms with Crippen LogP contribution in [0.4, 0.5) is 23.8 Å². The molecule has 1 aromatic heterocycles. The fourth-order valence-corrected chi connectivity index (χ4v) is 3.60. The molecule has 1 aliphatic heterocycles. The van der Waals surface area contributed by atoms with Crippen LogP contribution in [0.15, 0.2) is 24.3 Å². The maximum atomic E-state index is 13.1. The molecule has 0 bridgehead atoms. The number of aromatic nitrogens is 2. The van der Waals surface area contributed by atoms with Gasteiger partial charge in [0.25, 0.3) is 0 Å². The second kappa shape index (κ2) is 8.89. The Morgan fingerprint density at radius 1 is 1.13 bits per heavy atom. The minimum absolute atomic E-state index is 0.0867. The van der Waals surface area contributed by atoms with E-state index in [-0.39, 0.29) is 11.9 Å². The summed E-state index contributed by atoms with van der Waals surface area (Å²) < 4.78 is 39.4. The monoisotopic (exact) mass is 421 g/mol. The van der Waals surface area contributed by atoms with E-state index >= 15 is 0 Å². The van der Waals surface area contributed by atoms with Gasteiger partial charge < -0.3 is 15.1 Å². The zero-order valence-corrected chi connectivity index (χ0v) is 17.4. The van der Waals surface area contributed by atoms with Crippen molar-refractivity contribution >= 4 is 11.8 Å². The van der Waals surface area contributed by atoms with Gasteiger partial charge in [0.05, 0.1) is 5.56 Å². The van der Waals surface area contributed by atoms with Crippen molar-refractivity contribution in [3.8, 4) is 11.4 Å². The summed E-state index contributed by atoms with van der Waals surface area (Å²) in [6.07, 6.45) is -3.72. The summed E-state index contributed by atoms with van der Waals surface area (Å²) in [5, 5.41) is 2.80. The molecule has 2 heterocycles. The van der Waals surface area contributed by atoms with Gasteiger partial charge in [0.1, 0.15) is 5.82 Å². The van der Waals surface area contributed by atoms with E-state index in [1.807, 2.05) is 20.8 Å². The van der Waals surface area contributed by atoms with Crippen molar-refractivity contribution in [2.24, 2.45) is 0 Å². The number of urea groups is 1. The van der Waals surface area contributed by atoms with Gasteiger partial charge in [-0.1, -0.05) is 19.1 Å². The number of anilines is 1. The number of halogens is 3. The lowest BCUT2D eigenvalue weighted by Crippen LogP contribution is -2.52. The average Bonchev–Trinajstić information content (AvgIpc) is 2.73. The van der Waals surface area contributed by atoms with E-state index in [0.717, 1.165) is 29.2 Å². The number of benzene rings is 1. The number of carbonyl (C=O) groups is 1. The zero-order chi connectivity index (χ0) is 21.9. The van der Waals surface area contributed by atoms with Gasteiger partial charge in [0, 0.05) is 49.5 Å². The zero-order valence-electron chi connectivity index (χ0n) is 17.4. The van der Waals surface area contributed by atoms with Crippen LogP contribution in [-0.2, 0) is 12.6 Å². The molecule has 0 unspecified atom stereocenters. The van der Waals surface area contributed by atoms with Crippen LogP contribution in [0.1, 0.15) is 30.7 Å². The third-order valence-electron chi connectivity index (χ3n) is 5.19. The first-order valence-electron chi connectivity index (χ1n) is 10.1. The van der Waals surface area contributed by atoms with E-state index in [9.17, 15) is 18.0 Å². The number of nitrogens with one attached hydrogen (secondary N) is 1. The highest BCUT2D eigenvalue weighted by Crippen LogP contribution is 2.32. The smallest absolute Gasteiger partial charge is 0.353 e. The maximum absolute atomic E-state index is 13.1. The van der Waals surface area contributed by atoms with Crippen LogP contribution in [0, 0.1) is 6.92 Å². The molecule has 0 atom stereocenters. The van der Waals surface area contributed by atoms with Crippen LogP contribution >= 0.6 is 0 Å². The topological polar surface area (TPSA) is 61.4 Å². The number of carbonyl (C=O) groups excluding carboxylic acids is 1. The van der Waals surface area contributed by atoms with E-state index in [4.69, 9.17) is 0 Å². The van der Waals surface area contributed by atoms with Crippen molar-refractivity contribution in [3.05, 3.63) is 41.1 Å². The van der Waals surface area contributed by atoms with Gasteiger partial charge in [0.15, 0.2) is 5.82 Å². The fraction of sp³-hybridized carbons (Fsp3) is 0.476. The molecule has 0 spiro atoms. The molecule has 30 heavy (non-hydrogen) atoms. The predicted molar refractivity (Wildman–Crippen MR) is 109 cm³/mol. The van der Waals surface area contributed by atoms with Crippen LogP contribution < -0.4 is 10.2 Å². The van der Waals surface area contributed by atoms with Gasteiger partial charge >= 0.3 is 12.2 Å². The molecule has 1 N–H and O–H groups in total. The van der Waals surface area contributed by atoms with E-state index < -0.39 is 11.7 Å². The third kappa shape index (κ3) is 4.66. The van der Waals surface area contributed by atoms with E-state index in [0.29, 0.717) is 44.7 Å². The number of piperazine rings is 1. The van der Waals surface area contributed by atoms with Crippen LogP contribution in [0.5, 0.6) is 0 Å². The van der Waals surface area contributed by atoms with Crippen molar-refractivity contribution in [2.75, 3.05) is 37.6 Å². The summed E-state index contributed by atoms with van der Waals surface area (Å²) in [4.78, 5) is 25.0. The van der Waals surface area contributed by atoms with E-state index in [2.05, 4.69) is 20.2 Å². The quantitative estimate of drug-likeness (QED) is 0.814. The Bertz CT molecular complexity index is 908. The van der Waals surface area contributed by atoms with Crippen LogP contribution in [0.25, 0.3) is 11.4 Å².